The van der Waals surface area contributed by atoms with E-state index in [4.69, 9.17) is 11.6 Å². The van der Waals surface area contributed by atoms with E-state index in [1.54, 1.807) is 13.1 Å². The Balaban J connectivity index is 1.83. The Kier molecular flexibility index (Phi) is 4.87. The summed E-state index contributed by atoms with van der Waals surface area (Å²) in [5, 5.41) is 0.671. The molecule has 26 heavy (non-hydrogen) atoms. The molecular formula is C19H20ClN3O3. The van der Waals surface area contributed by atoms with Crippen molar-refractivity contribution in [2.75, 3.05) is 20.1 Å². The third kappa shape index (κ3) is 3.24. The van der Waals surface area contributed by atoms with Crippen molar-refractivity contribution in [2.45, 2.75) is 20.4 Å². The molecule has 0 aliphatic carbocycles. The van der Waals surface area contributed by atoms with Gasteiger partial charge in [-0.2, -0.15) is 0 Å². The molecule has 0 saturated carbocycles. The summed E-state index contributed by atoms with van der Waals surface area (Å²) in [6.45, 7) is 4.10. The first-order chi connectivity index (χ1) is 12.3. The third-order valence-corrected chi connectivity index (χ3v) is 5.06. The number of urea groups is 1. The van der Waals surface area contributed by atoms with Crippen LogP contribution < -0.4 is 0 Å². The Morgan fingerprint density at radius 3 is 2.50 bits per heavy atom. The number of hydrogen-bond donors (Lipinski definition) is 0. The Labute approximate surface area is 156 Å². The number of Topliss-reactive ketones (excluding diaryl/α,β-unsaturated/α-hetero) is 1. The molecule has 6 nitrogen and oxygen atoms in total. The quantitative estimate of drug-likeness (QED) is 0.598. The van der Waals surface area contributed by atoms with Crippen molar-refractivity contribution in [3.05, 3.63) is 57.9 Å². The molecule has 2 heterocycles. The predicted molar refractivity (Wildman–Crippen MR) is 98.5 cm³/mol. The molecule has 1 saturated heterocycles. The van der Waals surface area contributed by atoms with Gasteiger partial charge in [0.1, 0.15) is 6.54 Å². The van der Waals surface area contributed by atoms with E-state index in [0.29, 0.717) is 17.1 Å². The van der Waals surface area contributed by atoms with E-state index in [2.05, 4.69) is 0 Å². The normalized spacial score (nSPS) is 14.5. The summed E-state index contributed by atoms with van der Waals surface area (Å²) in [5.74, 6) is -0.601. The molecule has 1 aliphatic heterocycles. The van der Waals surface area contributed by atoms with E-state index < -0.39 is 6.03 Å². The summed E-state index contributed by atoms with van der Waals surface area (Å²) >= 11 is 6.24. The Morgan fingerprint density at radius 1 is 1.19 bits per heavy atom. The van der Waals surface area contributed by atoms with Gasteiger partial charge in [0.15, 0.2) is 5.78 Å². The molecule has 3 rings (SSSR count). The summed E-state index contributed by atoms with van der Waals surface area (Å²) in [5.41, 5.74) is 3.19. The highest BCUT2D eigenvalue weighted by Gasteiger charge is 2.35. The first kappa shape index (κ1) is 18.2. The second-order valence-electron chi connectivity index (χ2n) is 6.50. The highest BCUT2D eigenvalue weighted by molar-refractivity contribution is 6.31. The number of amides is 3. The van der Waals surface area contributed by atoms with Crippen molar-refractivity contribution < 1.29 is 14.4 Å². The van der Waals surface area contributed by atoms with E-state index in [0.717, 1.165) is 21.9 Å². The van der Waals surface area contributed by atoms with Gasteiger partial charge in [-0.05, 0) is 31.5 Å². The molecule has 1 fully saturated rings. The van der Waals surface area contributed by atoms with Gasteiger partial charge in [-0.3, -0.25) is 14.5 Å². The minimum atomic E-state index is -0.437. The molecule has 1 aliphatic rings. The van der Waals surface area contributed by atoms with Crippen molar-refractivity contribution in [2.24, 2.45) is 0 Å². The lowest BCUT2D eigenvalue weighted by Crippen LogP contribution is -2.36. The van der Waals surface area contributed by atoms with Crippen LogP contribution in [-0.2, 0) is 11.3 Å². The lowest BCUT2D eigenvalue weighted by Gasteiger charge is -2.14. The van der Waals surface area contributed by atoms with E-state index in [9.17, 15) is 14.4 Å². The van der Waals surface area contributed by atoms with E-state index in [-0.39, 0.29) is 24.8 Å². The largest absolute Gasteiger partial charge is 0.344 e. The summed E-state index contributed by atoms with van der Waals surface area (Å²) in [6.07, 6.45) is 0. The molecule has 1 aromatic heterocycles. The van der Waals surface area contributed by atoms with Crippen LogP contribution in [0.1, 0.15) is 27.3 Å². The number of rotatable bonds is 5. The maximum absolute atomic E-state index is 12.7. The standard InChI is InChI=1S/C19H20ClN3O3/c1-12-8-15(17(24)10-23-18(25)11-21(3)19(23)26)13(2)22(12)9-14-6-4-5-7-16(14)20/h4-8H,9-11H2,1-3H3. The molecule has 136 valence electrons. The van der Waals surface area contributed by atoms with E-state index >= 15 is 0 Å². The molecule has 0 unspecified atom stereocenters. The first-order valence-corrected chi connectivity index (χ1v) is 8.66. The zero-order valence-electron chi connectivity index (χ0n) is 15.0. The van der Waals surface area contributed by atoms with Crippen LogP contribution >= 0.6 is 11.6 Å². The van der Waals surface area contributed by atoms with E-state index in [1.807, 2.05) is 42.7 Å². The van der Waals surface area contributed by atoms with Crippen LogP contribution in [0.5, 0.6) is 0 Å². The minimum Gasteiger partial charge on any atom is -0.344 e. The maximum Gasteiger partial charge on any atom is 0.327 e. The number of hydrogen-bond acceptors (Lipinski definition) is 3. The zero-order valence-corrected chi connectivity index (χ0v) is 15.7. The van der Waals surface area contributed by atoms with Crippen molar-refractivity contribution >= 4 is 29.3 Å². The number of aromatic nitrogens is 1. The highest BCUT2D eigenvalue weighted by Crippen LogP contribution is 2.22. The number of imide groups is 1. The summed E-state index contributed by atoms with van der Waals surface area (Å²) in [4.78, 5) is 38.9. The fraction of sp³-hybridized carbons (Fsp3) is 0.316. The number of aryl methyl sites for hydroxylation is 1. The van der Waals surface area contributed by atoms with Crippen LogP contribution in [-0.4, -0.2) is 52.2 Å². The van der Waals surface area contributed by atoms with Gasteiger partial charge in [0.05, 0.1) is 6.54 Å². The molecule has 0 spiro atoms. The average molecular weight is 374 g/mol. The van der Waals surface area contributed by atoms with Gasteiger partial charge >= 0.3 is 6.03 Å². The number of benzene rings is 1. The van der Waals surface area contributed by atoms with Gasteiger partial charge in [0.25, 0.3) is 5.91 Å². The van der Waals surface area contributed by atoms with Crippen molar-refractivity contribution in [1.82, 2.24) is 14.4 Å². The van der Waals surface area contributed by atoms with Gasteiger partial charge in [0.2, 0.25) is 0 Å². The molecule has 0 N–H and O–H groups in total. The van der Waals surface area contributed by atoms with Gasteiger partial charge in [-0.25, -0.2) is 4.79 Å². The highest BCUT2D eigenvalue weighted by atomic mass is 35.5. The number of carbonyl (C=O) groups is 3. The fourth-order valence-electron chi connectivity index (χ4n) is 3.18. The number of carbonyl (C=O) groups excluding carboxylic acids is 3. The molecule has 7 heteroatoms. The molecule has 0 atom stereocenters. The lowest BCUT2D eigenvalue weighted by atomic mass is 10.1. The number of likely N-dealkylation sites (N-methyl/N-ethyl adjacent to an activating group) is 1. The summed E-state index contributed by atoms with van der Waals surface area (Å²) in [7, 11) is 1.54. The van der Waals surface area contributed by atoms with Gasteiger partial charge < -0.3 is 9.47 Å². The SMILES string of the molecule is Cc1cc(C(=O)CN2C(=O)CN(C)C2=O)c(C)n1Cc1ccccc1Cl. The number of halogens is 1. The van der Waals surface area contributed by atoms with Crippen LogP contribution in [0.4, 0.5) is 4.79 Å². The smallest absolute Gasteiger partial charge is 0.327 e. The average Bonchev–Trinajstić information content (AvgIpc) is 3.01. The molecule has 2 aromatic rings. The van der Waals surface area contributed by atoms with Gasteiger partial charge in [0, 0.05) is 35.6 Å². The van der Waals surface area contributed by atoms with Gasteiger partial charge in [-0.1, -0.05) is 29.8 Å². The molecule has 0 radical (unpaired) electrons. The van der Waals surface area contributed by atoms with Crippen LogP contribution in [0.3, 0.4) is 0 Å². The lowest BCUT2D eigenvalue weighted by molar-refractivity contribution is -0.125. The van der Waals surface area contributed by atoms with Crippen LogP contribution in [0, 0.1) is 13.8 Å². The zero-order chi connectivity index (χ0) is 19.0. The Morgan fingerprint density at radius 2 is 1.88 bits per heavy atom. The van der Waals surface area contributed by atoms with E-state index in [1.165, 1.54) is 4.90 Å². The summed E-state index contributed by atoms with van der Waals surface area (Å²) in [6, 6.07) is 8.93. The molecular weight excluding hydrogens is 354 g/mol. The monoisotopic (exact) mass is 373 g/mol. The molecule has 3 amide bonds. The molecule has 0 bridgehead atoms. The maximum atomic E-state index is 12.7. The second-order valence-corrected chi connectivity index (χ2v) is 6.91. The van der Waals surface area contributed by atoms with Crippen LogP contribution in [0.15, 0.2) is 30.3 Å². The molecule has 1 aromatic carbocycles. The number of nitrogens with zero attached hydrogens (tertiary/aromatic N) is 3. The fourth-order valence-corrected chi connectivity index (χ4v) is 3.37. The minimum absolute atomic E-state index is 0.0115. The third-order valence-electron chi connectivity index (χ3n) is 4.69. The summed E-state index contributed by atoms with van der Waals surface area (Å²) < 4.78 is 2.01. The topological polar surface area (TPSA) is 62.6 Å². The van der Waals surface area contributed by atoms with Crippen molar-refractivity contribution in [3.8, 4) is 0 Å². The predicted octanol–water partition coefficient (Wildman–Crippen LogP) is 2.88. The van der Waals surface area contributed by atoms with Crippen LogP contribution in [0.2, 0.25) is 5.02 Å². The second kappa shape index (κ2) is 6.96. The number of ketones is 1. The Bertz CT molecular complexity index is 903. The Hall–Kier alpha value is -2.60. The van der Waals surface area contributed by atoms with Crippen molar-refractivity contribution in [3.63, 3.8) is 0 Å². The van der Waals surface area contributed by atoms with Gasteiger partial charge in [-0.15, -0.1) is 0 Å². The first-order valence-electron chi connectivity index (χ1n) is 8.28. The van der Waals surface area contributed by atoms with Crippen molar-refractivity contribution in [1.29, 1.82) is 0 Å². The van der Waals surface area contributed by atoms with Crippen LogP contribution in [0.25, 0.3) is 0 Å².